The number of thiazole rings is 1. The third-order valence-corrected chi connectivity index (χ3v) is 7.56. The van der Waals surface area contributed by atoms with Crippen LogP contribution in [0.3, 0.4) is 0 Å². The first-order valence-corrected chi connectivity index (χ1v) is 13.6. The lowest BCUT2D eigenvalue weighted by Crippen LogP contribution is -2.46. The van der Waals surface area contributed by atoms with Gasteiger partial charge in [0.2, 0.25) is 0 Å². The van der Waals surface area contributed by atoms with Crippen LogP contribution >= 0.6 is 11.3 Å². The third kappa shape index (κ3) is 5.82. The molecule has 8 heteroatoms. The first-order chi connectivity index (χ1) is 18.7. The lowest BCUT2D eigenvalue weighted by Gasteiger charge is -2.27. The molecule has 1 N–H and O–H groups in total. The first-order valence-electron chi connectivity index (χ1n) is 12.7. The van der Waals surface area contributed by atoms with Gasteiger partial charge < -0.3 is 24.6 Å². The maximum absolute atomic E-state index is 12.9. The summed E-state index contributed by atoms with van der Waals surface area (Å²) in [6, 6.07) is 24.1. The Morgan fingerprint density at radius 1 is 0.947 bits per heavy atom. The van der Waals surface area contributed by atoms with Crippen LogP contribution in [0.15, 0.2) is 78.2 Å². The number of piperazine rings is 1. The number of amides is 1. The topological polar surface area (TPSA) is 66.9 Å². The maximum atomic E-state index is 12.9. The van der Waals surface area contributed by atoms with Gasteiger partial charge >= 0.3 is 0 Å². The van der Waals surface area contributed by atoms with Crippen molar-refractivity contribution in [3.05, 3.63) is 94.9 Å². The minimum absolute atomic E-state index is 0.0865. The molecule has 7 nitrogen and oxygen atoms in total. The maximum Gasteiger partial charge on any atom is 0.253 e. The highest BCUT2D eigenvalue weighted by atomic mass is 32.1. The van der Waals surface area contributed by atoms with E-state index in [4.69, 9.17) is 14.5 Å². The van der Waals surface area contributed by atoms with Gasteiger partial charge in [-0.3, -0.25) is 4.79 Å². The second-order valence-corrected chi connectivity index (χ2v) is 9.97. The molecule has 0 aliphatic carbocycles. The monoisotopic (exact) mass is 528 g/mol. The molecular formula is C30H32N4O3S. The zero-order valence-corrected chi connectivity index (χ0v) is 22.5. The molecule has 4 aromatic rings. The van der Waals surface area contributed by atoms with E-state index in [2.05, 4.69) is 33.8 Å². The fourth-order valence-corrected chi connectivity index (χ4v) is 5.48. The van der Waals surface area contributed by atoms with Gasteiger partial charge in [0.15, 0.2) is 16.6 Å². The molecule has 38 heavy (non-hydrogen) atoms. The molecule has 0 radical (unpaired) electrons. The summed E-state index contributed by atoms with van der Waals surface area (Å²) in [6.07, 6.45) is 0. The van der Waals surface area contributed by atoms with Crippen molar-refractivity contribution in [2.24, 2.45) is 0 Å². The number of nitrogens with zero attached hydrogens (tertiary/aromatic N) is 3. The Hall–Kier alpha value is -3.88. The molecule has 1 fully saturated rings. The second-order valence-electron chi connectivity index (χ2n) is 9.13. The Labute approximate surface area is 227 Å². The molecule has 1 amide bonds. The van der Waals surface area contributed by atoms with E-state index in [0.717, 1.165) is 65.0 Å². The summed E-state index contributed by atoms with van der Waals surface area (Å²) >= 11 is 1.62. The zero-order valence-electron chi connectivity index (χ0n) is 21.7. The number of ether oxygens (including phenoxy) is 2. The van der Waals surface area contributed by atoms with Gasteiger partial charge in [0.25, 0.3) is 5.91 Å². The summed E-state index contributed by atoms with van der Waals surface area (Å²) < 4.78 is 11.2. The first kappa shape index (κ1) is 25.8. The molecule has 1 aliphatic rings. The Morgan fingerprint density at radius 3 is 2.42 bits per heavy atom. The average molecular weight is 529 g/mol. The summed E-state index contributed by atoms with van der Waals surface area (Å²) in [5.74, 6) is 1.50. The van der Waals surface area contributed by atoms with Crippen molar-refractivity contribution in [2.75, 3.05) is 45.3 Å². The molecule has 0 atom stereocenters. The Balaban J connectivity index is 1.41. The van der Waals surface area contributed by atoms with Crippen molar-refractivity contribution >= 4 is 22.4 Å². The van der Waals surface area contributed by atoms with Crippen LogP contribution in [0.1, 0.15) is 21.5 Å². The molecule has 1 aromatic heterocycles. The van der Waals surface area contributed by atoms with Crippen LogP contribution in [0.5, 0.6) is 11.5 Å². The summed E-state index contributed by atoms with van der Waals surface area (Å²) in [5.41, 5.74) is 4.86. The van der Waals surface area contributed by atoms with Crippen molar-refractivity contribution < 1.29 is 14.3 Å². The summed E-state index contributed by atoms with van der Waals surface area (Å²) in [6.45, 7) is 4.37. The second kappa shape index (κ2) is 12.1. The molecule has 0 spiro atoms. The predicted molar refractivity (Wildman–Crippen MR) is 152 cm³/mol. The molecule has 0 saturated carbocycles. The van der Waals surface area contributed by atoms with E-state index in [1.807, 2.05) is 59.5 Å². The lowest BCUT2D eigenvalue weighted by atomic mass is 10.1. The molecule has 1 saturated heterocycles. The number of benzene rings is 3. The van der Waals surface area contributed by atoms with E-state index in [9.17, 15) is 4.79 Å². The zero-order chi connectivity index (χ0) is 26.3. The smallest absolute Gasteiger partial charge is 0.253 e. The van der Waals surface area contributed by atoms with Crippen molar-refractivity contribution in [3.8, 4) is 22.8 Å². The normalized spacial score (nSPS) is 13.3. The van der Waals surface area contributed by atoms with E-state index in [1.165, 1.54) is 0 Å². The Kier molecular flexibility index (Phi) is 8.21. The molecular weight excluding hydrogens is 496 g/mol. The van der Waals surface area contributed by atoms with Gasteiger partial charge in [0.05, 0.1) is 19.9 Å². The van der Waals surface area contributed by atoms with Crippen molar-refractivity contribution in [1.82, 2.24) is 15.2 Å². The largest absolute Gasteiger partial charge is 0.493 e. The fraction of sp³-hybridized carbons (Fsp3) is 0.267. The van der Waals surface area contributed by atoms with Gasteiger partial charge in [-0.25, -0.2) is 4.98 Å². The van der Waals surface area contributed by atoms with Gasteiger partial charge in [-0.05, 0) is 23.8 Å². The van der Waals surface area contributed by atoms with Crippen LogP contribution in [0.25, 0.3) is 11.3 Å². The molecule has 5 rings (SSSR count). The van der Waals surface area contributed by atoms with Gasteiger partial charge in [-0.2, -0.15) is 0 Å². The number of rotatable bonds is 9. The van der Waals surface area contributed by atoms with Crippen LogP contribution < -0.4 is 19.7 Å². The van der Waals surface area contributed by atoms with Crippen LogP contribution in [-0.4, -0.2) is 56.2 Å². The minimum Gasteiger partial charge on any atom is -0.493 e. The van der Waals surface area contributed by atoms with Crippen LogP contribution in [0.4, 0.5) is 5.13 Å². The number of nitrogens with one attached hydrogen (secondary N) is 1. The average Bonchev–Trinajstić information content (AvgIpc) is 3.48. The number of hydrogen-bond donors (Lipinski definition) is 1. The highest BCUT2D eigenvalue weighted by molar-refractivity contribution is 7.14. The van der Waals surface area contributed by atoms with Gasteiger partial charge in [-0.15, -0.1) is 11.3 Å². The summed E-state index contributed by atoms with van der Waals surface area (Å²) in [4.78, 5) is 22.0. The summed E-state index contributed by atoms with van der Waals surface area (Å²) in [5, 5.41) is 6.30. The Bertz CT molecular complexity index is 1350. The predicted octanol–water partition coefficient (Wildman–Crippen LogP) is 5.08. The van der Waals surface area contributed by atoms with E-state index in [-0.39, 0.29) is 5.91 Å². The number of hydrogen-bond acceptors (Lipinski definition) is 7. The van der Waals surface area contributed by atoms with E-state index in [1.54, 1.807) is 25.6 Å². The number of aromatic nitrogens is 1. The molecule has 1 aliphatic heterocycles. The quantitative estimate of drug-likeness (QED) is 0.327. The van der Waals surface area contributed by atoms with E-state index >= 15 is 0 Å². The van der Waals surface area contributed by atoms with Crippen LogP contribution in [0.2, 0.25) is 0 Å². The number of carbonyl (C=O) groups excluding carboxylic acids is 1. The number of para-hydroxylation sites is 1. The molecule has 2 heterocycles. The standard InChI is InChI=1S/C30H32N4O3S/c1-36-27-10-6-9-25(28(27)37-2)20-34(30-32-26(21-38-30)23-7-4-3-5-8-23)19-22-11-13-24(14-12-22)29(35)33-17-15-31-16-18-33/h3-14,21,31H,15-20H2,1-2H3. The third-order valence-electron chi connectivity index (χ3n) is 6.66. The highest BCUT2D eigenvalue weighted by Crippen LogP contribution is 2.35. The van der Waals surface area contributed by atoms with E-state index in [0.29, 0.717) is 18.8 Å². The molecule has 0 unspecified atom stereocenters. The fourth-order valence-electron chi connectivity index (χ4n) is 4.65. The van der Waals surface area contributed by atoms with Crippen LogP contribution in [-0.2, 0) is 13.1 Å². The van der Waals surface area contributed by atoms with Crippen molar-refractivity contribution in [2.45, 2.75) is 13.1 Å². The molecule has 0 bridgehead atoms. The molecule has 196 valence electrons. The summed E-state index contributed by atoms with van der Waals surface area (Å²) in [7, 11) is 3.31. The Morgan fingerprint density at radius 2 is 1.71 bits per heavy atom. The number of methoxy groups -OCH3 is 2. The lowest BCUT2D eigenvalue weighted by molar-refractivity contribution is 0.0736. The van der Waals surface area contributed by atoms with Gasteiger partial charge in [0.1, 0.15) is 0 Å². The van der Waals surface area contributed by atoms with Gasteiger partial charge in [0, 0.05) is 61.3 Å². The SMILES string of the molecule is COc1cccc(CN(Cc2ccc(C(=O)N3CCNCC3)cc2)c2nc(-c3ccccc3)cs2)c1OC. The van der Waals surface area contributed by atoms with Gasteiger partial charge in [-0.1, -0.05) is 54.6 Å². The van der Waals surface area contributed by atoms with Crippen molar-refractivity contribution in [3.63, 3.8) is 0 Å². The number of carbonyl (C=O) groups is 1. The van der Waals surface area contributed by atoms with Crippen molar-refractivity contribution in [1.29, 1.82) is 0 Å². The van der Waals surface area contributed by atoms with Crippen LogP contribution in [0, 0.1) is 0 Å². The highest BCUT2D eigenvalue weighted by Gasteiger charge is 2.20. The molecule has 3 aromatic carbocycles. The minimum atomic E-state index is 0.0865. The number of anilines is 1. The van der Waals surface area contributed by atoms with E-state index < -0.39 is 0 Å².